The van der Waals surface area contributed by atoms with Crippen molar-refractivity contribution in [2.45, 2.75) is 6.04 Å². The highest BCUT2D eigenvalue weighted by Crippen LogP contribution is 2.33. The number of para-hydroxylation sites is 1. The van der Waals surface area contributed by atoms with E-state index in [0.717, 1.165) is 28.3 Å². The number of fused-ring (bicyclic) bond motifs is 1. The largest absolute Gasteiger partial charge is 0.497 e. The lowest BCUT2D eigenvalue weighted by Gasteiger charge is -2.21. The number of ether oxygens (including phenoxy) is 1. The van der Waals surface area contributed by atoms with E-state index in [2.05, 4.69) is 45.1 Å². The Hall–Kier alpha value is -3.60. The average Bonchev–Trinajstić information content (AvgIpc) is 2.74. The number of benzene rings is 3. The zero-order chi connectivity index (χ0) is 18.5. The maximum absolute atomic E-state index is 5.15. The lowest BCUT2D eigenvalue weighted by atomic mass is 9.96. The van der Waals surface area contributed by atoms with Crippen molar-refractivity contribution in [2.75, 3.05) is 17.9 Å². The van der Waals surface area contributed by atoms with Gasteiger partial charge in [-0.1, -0.05) is 30.3 Å². The van der Waals surface area contributed by atoms with Gasteiger partial charge in [0.1, 0.15) is 11.8 Å². The molecular weight excluding hydrogens is 336 g/mol. The molecule has 4 rings (SSSR count). The van der Waals surface area contributed by atoms with Crippen LogP contribution in [0.1, 0.15) is 22.7 Å². The average molecular weight is 356 g/mol. The summed E-state index contributed by atoms with van der Waals surface area (Å²) in [5.74, 6) is 0.831. The first-order valence-electron chi connectivity index (χ1n) is 8.74. The second kappa shape index (κ2) is 7.74. The molecule has 0 spiro atoms. The zero-order valence-electron chi connectivity index (χ0n) is 15.0. The fourth-order valence-electron chi connectivity index (χ4n) is 3.01. The summed E-state index contributed by atoms with van der Waals surface area (Å²) in [6, 6.07) is 24.2. The highest BCUT2D eigenvalue weighted by Gasteiger charge is 2.18. The van der Waals surface area contributed by atoms with Crippen LogP contribution in [-0.4, -0.2) is 19.7 Å². The maximum atomic E-state index is 5.15. The third-order valence-corrected chi connectivity index (χ3v) is 4.45. The zero-order valence-corrected chi connectivity index (χ0v) is 15.0. The molecule has 0 fully saturated rings. The van der Waals surface area contributed by atoms with Crippen LogP contribution >= 0.6 is 0 Å². The molecule has 3 aromatic rings. The Bertz CT molecular complexity index is 962. The van der Waals surface area contributed by atoms with Crippen molar-refractivity contribution in [2.24, 2.45) is 10.1 Å². The quantitative estimate of drug-likeness (QED) is 0.515. The van der Waals surface area contributed by atoms with Crippen LogP contribution in [0.25, 0.3) is 0 Å². The molecule has 1 unspecified atom stereocenters. The minimum absolute atomic E-state index is 0.0132. The lowest BCUT2D eigenvalue weighted by molar-refractivity contribution is 0.415. The molecule has 1 atom stereocenters. The van der Waals surface area contributed by atoms with Crippen LogP contribution in [0.2, 0.25) is 0 Å². The van der Waals surface area contributed by atoms with Crippen molar-refractivity contribution in [1.29, 1.82) is 0 Å². The smallest absolute Gasteiger partial charge is 0.118 e. The summed E-state index contributed by atoms with van der Waals surface area (Å²) in [6.07, 6.45) is 3.54. The van der Waals surface area contributed by atoms with Crippen molar-refractivity contribution in [1.82, 2.24) is 0 Å². The van der Waals surface area contributed by atoms with Gasteiger partial charge in [0.05, 0.1) is 25.4 Å². The molecular formula is C22H20N4O. The van der Waals surface area contributed by atoms with Crippen LogP contribution in [0.15, 0.2) is 82.9 Å². The molecule has 3 aromatic carbocycles. The molecule has 1 aliphatic rings. The van der Waals surface area contributed by atoms with Gasteiger partial charge in [0.15, 0.2) is 0 Å². The van der Waals surface area contributed by atoms with Gasteiger partial charge in [-0.05, 0) is 53.6 Å². The van der Waals surface area contributed by atoms with Gasteiger partial charge in [-0.2, -0.15) is 5.10 Å². The minimum atomic E-state index is 0.0132. The number of methoxy groups -OCH3 is 1. The molecule has 1 aliphatic heterocycles. The van der Waals surface area contributed by atoms with Gasteiger partial charge in [0.25, 0.3) is 0 Å². The van der Waals surface area contributed by atoms with E-state index < -0.39 is 0 Å². The van der Waals surface area contributed by atoms with Gasteiger partial charge in [0.2, 0.25) is 0 Å². The molecule has 0 radical (unpaired) electrons. The summed E-state index contributed by atoms with van der Waals surface area (Å²) in [6.45, 7) is 0. The van der Waals surface area contributed by atoms with Crippen molar-refractivity contribution in [3.63, 3.8) is 0 Å². The van der Waals surface area contributed by atoms with Crippen LogP contribution in [0.3, 0.4) is 0 Å². The lowest BCUT2D eigenvalue weighted by Crippen LogP contribution is -2.11. The maximum Gasteiger partial charge on any atom is 0.118 e. The van der Waals surface area contributed by atoms with Crippen LogP contribution in [-0.2, 0) is 0 Å². The number of hydrazone groups is 1. The molecule has 0 aliphatic carbocycles. The fourth-order valence-corrected chi connectivity index (χ4v) is 3.01. The van der Waals surface area contributed by atoms with E-state index in [1.165, 1.54) is 5.56 Å². The number of nitrogens with zero attached hydrogens (tertiary/aromatic N) is 2. The van der Waals surface area contributed by atoms with Crippen LogP contribution in [0.5, 0.6) is 5.75 Å². The third kappa shape index (κ3) is 3.82. The molecule has 5 nitrogen and oxygen atoms in total. The first-order valence-corrected chi connectivity index (χ1v) is 8.74. The van der Waals surface area contributed by atoms with Crippen LogP contribution in [0.4, 0.5) is 11.4 Å². The minimum Gasteiger partial charge on any atom is -0.497 e. The molecule has 0 saturated heterocycles. The molecule has 5 heteroatoms. The van der Waals surface area contributed by atoms with Crippen molar-refractivity contribution >= 4 is 23.9 Å². The predicted octanol–water partition coefficient (Wildman–Crippen LogP) is 4.68. The summed E-state index contributed by atoms with van der Waals surface area (Å²) in [7, 11) is 1.65. The monoisotopic (exact) mass is 356 g/mol. The summed E-state index contributed by atoms with van der Waals surface area (Å²) >= 11 is 0. The number of hydrogen-bond acceptors (Lipinski definition) is 5. The molecule has 0 amide bonds. The second-order valence-electron chi connectivity index (χ2n) is 6.18. The van der Waals surface area contributed by atoms with Gasteiger partial charge in [-0.15, -0.1) is 0 Å². The highest BCUT2D eigenvalue weighted by molar-refractivity contribution is 5.81. The number of rotatable bonds is 5. The first kappa shape index (κ1) is 16.8. The summed E-state index contributed by atoms with van der Waals surface area (Å²) in [5.41, 5.74) is 8.41. The number of hydrogen-bond donors (Lipinski definition) is 2. The Morgan fingerprint density at radius 1 is 1.00 bits per heavy atom. The fraction of sp³-hybridized carbons (Fsp3) is 0.0909. The SMILES string of the molecule is COc1ccc(C=NNc2ccc(C3N=CNc4ccccc43)cc2)cc1. The van der Waals surface area contributed by atoms with Gasteiger partial charge in [-0.3, -0.25) is 10.4 Å². The topological polar surface area (TPSA) is 58.0 Å². The molecule has 2 N–H and O–H groups in total. The van der Waals surface area contributed by atoms with Crippen molar-refractivity contribution in [3.8, 4) is 5.75 Å². The van der Waals surface area contributed by atoms with Crippen molar-refractivity contribution < 1.29 is 4.74 Å². The van der Waals surface area contributed by atoms with E-state index in [9.17, 15) is 0 Å². The summed E-state index contributed by atoms with van der Waals surface area (Å²) in [4.78, 5) is 4.59. The Morgan fingerprint density at radius 2 is 1.78 bits per heavy atom. The van der Waals surface area contributed by atoms with Crippen LogP contribution in [0, 0.1) is 0 Å². The highest BCUT2D eigenvalue weighted by atomic mass is 16.5. The van der Waals surface area contributed by atoms with Crippen molar-refractivity contribution in [3.05, 3.63) is 89.5 Å². The molecule has 27 heavy (non-hydrogen) atoms. The first-order chi connectivity index (χ1) is 13.3. The number of anilines is 2. The molecule has 0 saturated carbocycles. The second-order valence-corrected chi connectivity index (χ2v) is 6.18. The standard InChI is InChI=1S/C22H20N4O/c1-27-19-12-6-16(7-13-19)14-25-26-18-10-8-17(9-11-18)22-20-4-2-3-5-21(20)23-15-24-22/h2-15,22,26H,1H3,(H,23,24). The number of aliphatic imine (C=N–C) groups is 1. The van der Waals surface area contributed by atoms with E-state index in [-0.39, 0.29) is 6.04 Å². The third-order valence-electron chi connectivity index (χ3n) is 4.45. The van der Waals surface area contributed by atoms with E-state index >= 15 is 0 Å². The Morgan fingerprint density at radius 3 is 2.56 bits per heavy atom. The Kier molecular flexibility index (Phi) is 4.83. The Balaban J connectivity index is 1.44. The molecule has 1 heterocycles. The molecule has 134 valence electrons. The Labute approximate surface area is 158 Å². The van der Waals surface area contributed by atoms with E-state index in [0.29, 0.717) is 0 Å². The van der Waals surface area contributed by atoms with Crippen LogP contribution < -0.4 is 15.5 Å². The predicted molar refractivity (Wildman–Crippen MR) is 111 cm³/mol. The summed E-state index contributed by atoms with van der Waals surface area (Å²) in [5, 5.41) is 7.48. The van der Waals surface area contributed by atoms with E-state index in [1.807, 2.05) is 48.5 Å². The summed E-state index contributed by atoms with van der Waals surface area (Å²) < 4.78 is 5.15. The normalized spacial score (nSPS) is 15.2. The van der Waals surface area contributed by atoms with Gasteiger partial charge >= 0.3 is 0 Å². The van der Waals surface area contributed by atoms with Gasteiger partial charge in [0, 0.05) is 11.3 Å². The van der Waals surface area contributed by atoms with E-state index in [1.54, 1.807) is 19.7 Å². The molecule has 0 aromatic heterocycles. The van der Waals surface area contributed by atoms with Gasteiger partial charge in [-0.25, -0.2) is 0 Å². The van der Waals surface area contributed by atoms with E-state index in [4.69, 9.17) is 4.74 Å². The number of nitrogens with one attached hydrogen (secondary N) is 2. The molecule has 0 bridgehead atoms. The van der Waals surface area contributed by atoms with Gasteiger partial charge < -0.3 is 10.1 Å².